The van der Waals surface area contributed by atoms with Crippen molar-refractivity contribution >= 4 is 11.9 Å². The summed E-state index contributed by atoms with van der Waals surface area (Å²) in [4.78, 5) is 21.8. The maximum absolute atomic E-state index is 11.3. The molecule has 14 heavy (non-hydrogen) atoms. The summed E-state index contributed by atoms with van der Waals surface area (Å²) < 4.78 is 0. The van der Waals surface area contributed by atoms with Crippen molar-refractivity contribution < 1.29 is 14.7 Å². The molecule has 0 aromatic carbocycles. The number of aliphatic carboxylic acids is 1. The molecule has 2 atom stereocenters. The number of hydrogen-bond donors (Lipinski definition) is 3. The van der Waals surface area contributed by atoms with Crippen molar-refractivity contribution in [2.24, 2.45) is 5.73 Å². The number of nitrogens with one attached hydrogen (secondary N) is 1. The SMILES string of the molecule is C=CCC(N)C(=O)N[C@H](CC)C(=O)O. The van der Waals surface area contributed by atoms with Gasteiger partial charge in [-0.15, -0.1) is 6.58 Å². The molecular formula is C9H16N2O3. The average Bonchev–Trinajstić information content (AvgIpc) is 2.13. The van der Waals surface area contributed by atoms with Gasteiger partial charge in [-0.2, -0.15) is 0 Å². The maximum Gasteiger partial charge on any atom is 0.326 e. The van der Waals surface area contributed by atoms with Gasteiger partial charge in [-0.1, -0.05) is 13.0 Å². The van der Waals surface area contributed by atoms with Crippen LogP contribution >= 0.6 is 0 Å². The molecule has 0 radical (unpaired) electrons. The molecule has 0 saturated heterocycles. The third kappa shape index (κ3) is 4.04. The van der Waals surface area contributed by atoms with E-state index in [9.17, 15) is 9.59 Å². The fourth-order valence-electron chi connectivity index (χ4n) is 0.904. The second-order valence-electron chi connectivity index (χ2n) is 2.94. The molecule has 0 aliphatic carbocycles. The fraction of sp³-hybridized carbons (Fsp3) is 0.556. The summed E-state index contributed by atoms with van der Waals surface area (Å²) in [7, 11) is 0. The van der Waals surface area contributed by atoms with Crippen LogP contribution in [-0.2, 0) is 9.59 Å². The van der Waals surface area contributed by atoms with E-state index in [4.69, 9.17) is 10.8 Å². The monoisotopic (exact) mass is 200 g/mol. The van der Waals surface area contributed by atoms with Crippen molar-refractivity contribution in [3.05, 3.63) is 12.7 Å². The Labute approximate surface area is 83.0 Å². The first-order valence-electron chi connectivity index (χ1n) is 4.42. The van der Waals surface area contributed by atoms with Crippen LogP contribution in [0.25, 0.3) is 0 Å². The van der Waals surface area contributed by atoms with E-state index in [0.717, 1.165) is 0 Å². The molecular weight excluding hydrogens is 184 g/mol. The van der Waals surface area contributed by atoms with E-state index in [2.05, 4.69) is 11.9 Å². The second-order valence-corrected chi connectivity index (χ2v) is 2.94. The van der Waals surface area contributed by atoms with Crippen LogP contribution in [0.1, 0.15) is 19.8 Å². The van der Waals surface area contributed by atoms with Crippen LogP contribution in [0.5, 0.6) is 0 Å². The van der Waals surface area contributed by atoms with E-state index in [1.54, 1.807) is 6.92 Å². The summed E-state index contributed by atoms with van der Waals surface area (Å²) in [5.74, 6) is -1.51. The van der Waals surface area contributed by atoms with Crippen molar-refractivity contribution in [2.45, 2.75) is 31.8 Å². The fourth-order valence-corrected chi connectivity index (χ4v) is 0.904. The zero-order valence-electron chi connectivity index (χ0n) is 8.19. The van der Waals surface area contributed by atoms with Gasteiger partial charge in [0, 0.05) is 0 Å². The maximum atomic E-state index is 11.3. The van der Waals surface area contributed by atoms with E-state index in [0.29, 0.717) is 12.8 Å². The van der Waals surface area contributed by atoms with Gasteiger partial charge in [0.05, 0.1) is 6.04 Å². The molecule has 5 heteroatoms. The number of carbonyl (C=O) groups excluding carboxylic acids is 1. The van der Waals surface area contributed by atoms with Crippen LogP contribution in [0.15, 0.2) is 12.7 Å². The Hall–Kier alpha value is -1.36. The molecule has 5 nitrogen and oxygen atoms in total. The van der Waals surface area contributed by atoms with Gasteiger partial charge in [-0.25, -0.2) is 4.79 Å². The summed E-state index contributed by atoms with van der Waals surface area (Å²) in [6.45, 7) is 5.12. The molecule has 0 spiro atoms. The predicted octanol–water partition coefficient (Wildman–Crippen LogP) is -0.131. The molecule has 1 unspecified atom stereocenters. The van der Waals surface area contributed by atoms with Gasteiger partial charge < -0.3 is 16.2 Å². The lowest BCUT2D eigenvalue weighted by Gasteiger charge is -2.15. The standard InChI is InChI=1S/C9H16N2O3/c1-3-5-6(10)8(12)11-7(4-2)9(13)14/h3,6-7H,1,4-5,10H2,2H3,(H,11,12)(H,13,14)/t6?,7-/m1/s1. The molecule has 80 valence electrons. The highest BCUT2D eigenvalue weighted by Crippen LogP contribution is 1.94. The Bertz CT molecular complexity index is 228. The van der Waals surface area contributed by atoms with Gasteiger partial charge in [0.25, 0.3) is 0 Å². The van der Waals surface area contributed by atoms with Crippen molar-refractivity contribution in [3.8, 4) is 0 Å². The third-order valence-corrected chi connectivity index (χ3v) is 1.78. The van der Waals surface area contributed by atoms with Crippen LogP contribution in [0, 0.1) is 0 Å². The summed E-state index contributed by atoms with van der Waals surface area (Å²) in [6.07, 6.45) is 2.19. The van der Waals surface area contributed by atoms with Gasteiger partial charge >= 0.3 is 5.97 Å². The quantitative estimate of drug-likeness (QED) is 0.521. The van der Waals surface area contributed by atoms with E-state index in [1.165, 1.54) is 6.08 Å². The first-order chi connectivity index (χ1) is 6.52. The molecule has 4 N–H and O–H groups in total. The zero-order valence-corrected chi connectivity index (χ0v) is 8.19. The Morgan fingerprint density at radius 3 is 2.57 bits per heavy atom. The molecule has 0 aliphatic rings. The zero-order chi connectivity index (χ0) is 11.1. The first kappa shape index (κ1) is 12.6. The van der Waals surface area contributed by atoms with Crippen molar-refractivity contribution in [1.29, 1.82) is 0 Å². The number of nitrogens with two attached hydrogens (primary N) is 1. The van der Waals surface area contributed by atoms with E-state index >= 15 is 0 Å². The van der Waals surface area contributed by atoms with Crippen LogP contribution in [-0.4, -0.2) is 29.1 Å². The number of carboxylic acids is 1. The van der Waals surface area contributed by atoms with E-state index < -0.39 is 24.0 Å². The van der Waals surface area contributed by atoms with Crippen molar-refractivity contribution in [1.82, 2.24) is 5.32 Å². The lowest BCUT2D eigenvalue weighted by atomic mass is 10.1. The Balaban J connectivity index is 4.14. The number of carboxylic acid groups (broad SMARTS) is 1. The molecule has 0 aromatic heterocycles. The topological polar surface area (TPSA) is 92.4 Å². The number of hydrogen-bond acceptors (Lipinski definition) is 3. The van der Waals surface area contributed by atoms with Crippen molar-refractivity contribution in [3.63, 3.8) is 0 Å². The molecule has 0 aliphatic heterocycles. The normalized spacial score (nSPS) is 14.1. The number of carbonyl (C=O) groups is 2. The minimum atomic E-state index is -1.05. The van der Waals surface area contributed by atoms with Crippen LogP contribution < -0.4 is 11.1 Å². The molecule has 0 heterocycles. The largest absolute Gasteiger partial charge is 0.480 e. The van der Waals surface area contributed by atoms with Crippen molar-refractivity contribution in [2.75, 3.05) is 0 Å². The second kappa shape index (κ2) is 6.15. The van der Waals surface area contributed by atoms with E-state index in [-0.39, 0.29) is 0 Å². The molecule has 1 amide bonds. The Kier molecular flexibility index (Phi) is 5.55. The lowest BCUT2D eigenvalue weighted by molar-refractivity contribution is -0.142. The molecule has 0 fully saturated rings. The molecule has 0 rings (SSSR count). The highest BCUT2D eigenvalue weighted by atomic mass is 16.4. The van der Waals surface area contributed by atoms with Crippen LogP contribution in [0.2, 0.25) is 0 Å². The van der Waals surface area contributed by atoms with Gasteiger partial charge in [0.15, 0.2) is 0 Å². The smallest absolute Gasteiger partial charge is 0.326 e. The lowest BCUT2D eigenvalue weighted by Crippen LogP contribution is -2.47. The minimum absolute atomic E-state index is 0.335. The Morgan fingerprint density at radius 1 is 1.64 bits per heavy atom. The molecule has 0 aromatic rings. The van der Waals surface area contributed by atoms with Crippen LogP contribution in [0.3, 0.4) is 0 Å². The number of amides is 1. The average molecular weight is 200 g/mol. The molecule has 0 bridgehead atoms. The summed E-state index contributed by atoms with van der Waals surface area (Å²) in [6, 6.07) is -1.58. The number of rotatable bonds is 6. The summed E-state index contributed by atoms with van der Waals surface area (Å²) in [5.41, 5.74) is 5.45. The molecule has 0 saturated carbocycles. The van der Waals surface area contributed by atoms with Crippen LogP contribution in [0.4, 0.5) is 0 Å². The third-order valence-electron chi connectivity index (χ3n) is 1.78. The van der Waals surface area contributed by atoms with Gasteiger partial charge in [-0.3, -0.25) is 4.79 Å². The Morgan fingerprint density at radius 2 is 2.21 bits per heavy atom. The highest BCUT2D eigenvalue weighted by Gasteiger charge is 2.20. The minimum Gasteiger partial charge on any atom is -0.480 e. The summed E-state index contributed by atoms with van der Waals surface area (Å²) >= 11 is 0. The van der Waals surface area contributed by atoms with E-state index in [1.807, 2.05) is 0 Å². The summed E-state index contributed by atoms with van der Waals surface area (Å²) in [5, 5.41) is 11.0. The van der Waals surface area contributed by atoms with Gasteiger partial charge in [-0.05, 0) is 12.8 Å². The predicted molar refractivity (Wildman–Crippen MR) is 52.6 cm³/mol. The van der Waals surface area contributed by atoms with Gasteiger partial charge in [0.2, 0.25) is 5.91 Å². The van der Waals surface area contributed by atoms with Gasteiger partial charge in [0.1, 0.15) is 6.04 Å². The highest BCUT2D eigenvalue weighted by molar-refractivity contribution is 5.86. The first-order valence-corrected chi connectivity index (χ1v) is 4.42.